The van der Waals surface area contributed by atoms with Crippen molar-refractivity contribution in [3.8, 4) is 0 Å². The Labute approximate surface area is 107 Å². The first-order valence-electron chi connectivity index (χ1n) is 5.06. The van der Waals surface area contributed by atoms with Crippen LogP contribution < -0.4 is 10.0 Å². The number of sulfone groups is 1. The number of anilines is 1. The van der Waals surface area contributed by atoms with Gasteiger partial charge in [-0.25, -0.2) is 26.5 Å². The minimum absolute atomic E-state index is 0.0374. The lowest BCUT2D eigenvalue weighted by atomic mass is 10.5. The van der Waals surface area contributed by atoms with Crippen LogP contribution in [0.3, 0.4) is 0 Å². The van der Waals surface area contributed by atoms with Crippen LogP contribution in [0.25, 0.3) is 0 Å². The molecule has 0 radical (unpaired) electrons. The maximum absolute atomic E-state index is 11.8. The van der Waals surface area contributed by atoms with Gasteiger partial charge in [-0.3, -0.25) is 0 Å². The molecule has 102 valence electrons. The summed E-state index contributed by atoms with van der Waals surface area (Å²) in [5.74, 6) is 0.178. The predicted molar refractivity (Wildman–Crippen MR) is 68.7 cm³/mol. The average molecular weight is 293 g/mol. The van der Waals surface area contributed by atoms with Gasteiger partial charge in [-0.05, 0) is 6.07 Å². The van der Waals surface area contributed by atoms with Gasteiger partial charge in [0.2, 0.25) is 10.0 Å². The van der Waals surface area contributed by atoms with Gasteiger partial charge in [-0.15, -0.1) is 0 Å². The Bertz CT molecular complexity index is 610. The highest BCUT2D eigenvalue weighted by Gasteiger charge is 2.15. The highest BCUT2D eigenvalue weighted by atomic mass is 32.2. The zero-order valence-electron chi connectivity index (χ0n) is 10.0. The molecule has 0 aliphatic heterocycles. The van der Waals surface area contributed by atoms with Crippen molar-refractivity contribution in [2.24, 2.45) is 0 Å². The molecule has 1 aromatic rings. The normalized spacial score (nSPS) is 12.3. The lowest BCUT2D eigenvalue weighted by Crippen LogP contribution is -2.29. The molecule has 0 saturated carbocycles. The highest BCUT2D eigenvalue weighted by molar-refractivity contribution is 7.91. The van der Waals surface area contributed by atoms with Crippen LogP contribution in [0.4, 0.5) is 5.82 Å². The summed E-state index contributed by atoms with van der Waals surface area (Å²) in [6.45, 7) is -0.154. The van der Waals surface area contributed by atoms with Gasteiger partial charge >= 0.3 is 0 Å². The van der Waals surface area contributed by atoms with Gasteiger partial charge in [0.15, 0.2) is 0 Å². The molecule has 1 heterocycles. The van der Waals surface area contributed by atoms with E-state index in [4.69, 9.17) is 0 Å². The van der Waals surface area contributed by atoms with Gasteiger partial charge in [-0.1, -0.05) is 0 Å². The van der Waals surface area contributed by atoms with Crippen LogP contribution in [-0.2, 0) is 19.9 Å². The Balaban J connectivity index is 2.80. The molecule has 0 fully saturated rings. The molecule has 1 aromatic heterocycles. The van der Waals surface area contributed by atoms with E-state index in [9.17, 15) is 16.8 Å². The summed E-state index contributed by atoms with van der Waals surface area (Å²) in [6.07, 6.45) is 2.41. The zero-order valence-corrected chi connectivity index (χ0v) is 11.7. The molecule has 0 saturated heterocycles. The summed E-state index contributed by atoms with van der Waals surface area (Å²) >= 11 is 0. The Morgan fingerprint density at radius 2 is 1.94 bits per heavy atom. The van der Waals surface area contributed by atoms with Gasteiger partial charge in [0.25, 0.3) is 0 Å². The summed E-state index contributed by atoms with van der Waals surface area (Å²) in [7, 11) is -5.28. The number of aromatic nitrogens is 1. The number of nitrogens with zero attached hydrogens (tertiary/aromatic N) is 1. The Morgan fingerprint density at radius 3 is 2.50 bits per heavy atom. The van der Waals surface area contributed by atoms with Crippen LogP contribution >= 0.6 is 0 Å². The average Bonchev–Trinajstić information content (AvgIpc) is 2.27. The second-order valence-corrected chi connectivity index (χ2v) is 7.68. The molecule has 0 aliphatic rings. The summed E-state index contributed by atoms with van der Waals surface area (Å²) in [5, 5.41) is 2.72. The molecule has 0 unspecified atom stereocenters. The zero-order chi connectivity index (χ0) is 13.8. The standard InChI is InChI=1S/C9H15N3O4S2/c1-10-9-7-8(3-4-11-9)18(15,16)12-5-6-17(2,13)14/h3-4,7,12H,5-6H2,1-2H3,(H,10,11). The van der Waals surface area contributed by atoms with E-state index in [1.807, 2.05) is 0 Å². The maximum atomic E-state index is 11.8. The third-order valence-electron chi connectivity index (χ3n) is 2.06. The second kappa shape index (κ2) is 5.63. The van der Waals surface area contributed by atoms with Crippen LogP contribution in [0.5, 0.6) is 0 Å². The summed E-state index contributed by atoms with van der Waals surface area (Å²) in [5.41, 5.74) is 0. The fourth-order valence-electron chi connectivity index (χ4n) is 1.16. The number of rotatable bonds is 6. The van der Waals surface area contributed by atoms with Crippen molar-refractivity contribution < 1.29 is 16.8 Å². The lowest BCUT2D eigenvalue weighted by Gasteiger charge is -2.07. The van der Waals surface area contributed by atoms with Crippen LogP contribution in [0.1, 0.15) is 0 Å². The minimum atomic E-state index is -3.71. The highest BCUT2D eigenvalue weighted by Crippen LogP contribution is 2.11. The molecule has 0 atom stereocenters. The monoisotopic (exact) mass is 293 g/mol. The summed E-state index contributed by atoms with van der Waals surface area (Å²) in [6, 6.07) is 2.70. The van der Waals surface area contributed by atoms with Crippen molar-refractivity contribution in [3.05, 3.63) is 18.3 Å². The molecule has 0 aliphatic carbocycles. The quantitative estimate of drug-likeness (QED) is 0.729. The molecule has 0 aromatic carbocycles. The molecular weight excluding hydrogens is 278 g/mol. The summed E-state index contributed by atoms with van der Waals surface area (Å²) < 4.78 is 47.7. The van der Waals surface area contributed by atoms with Gasteiger partial charge < -0.3 is 5.32 Å². The number of hydrogen-bond acceptors (Lipinski definition) is 6. The van der Waals surface area contributed by atoms with E-state index in [-0.39, 0.29) is 17.2 Å². The van der Waals surface area contributed by atoms with Gasteiger partial charge in [0, 0.05) is 32.1 Å². The fourth-order valence-corrected chi connectivity index (χ4v) is 2.81. The van der Waals surface area contributed by atoms with Crippen LogP contribution in [-0.4, -0.2) is 47.4 Å². The SMILES string of the molecule is CNc1cc(S(=O)(=O)NCCS(C)(=O)=O)ccn1. The van der Waals surface area contributed by atoms with E-state index in [0.29, 0.717) is 5.82 Å². The smallest absolute Gasteiger partial charge is 0.240 e. The van der Waals surface area contributed by atoms with Crippen LogP contribution in [0.15, 0.2) is 23.2 Å². The Hall–Kier alpha value is -1.19. The Morgan fingerprint density at radius 1 is 1.28 bits per heavy atom. The molecule has 2 N–H and O–H groups in total. The molecule has 0 spiro atoms. The fraction of sp³-hybridized carbons (Fsp3) is 0.444. The first-order valence-corrected chi connectivity index (χ1v) is 8.60. The van der Waals surface area contributed by atoms with E-state index in [2.05, 4.69) is 15.0 Å². The first kappa shape index (κ1) is 14.9. The van der Waals surface area contributed by atoms with Crippen LogP contribution in [0, 0.1) is 0 Å². The predicted octanol–water partition coefficient (Wildman–Crippen LogP) is -0.554. The van der Waals surface area contributed by atoms with Crippen LogP contribution in [0.2, 0.25) is 0 Å². The number of pyridine rings is 1. The number of hydrogen-bond donors (Lipinski definition) is 2. The molecule has 0 amide bonds. The van der Waals surface area contributed by atoms with Gasteiger partial charge in [-0.2, -0.15) is 0 Å². The molecule has 0 bridgehead atoms. The largest absolute Gasteiger partial charge is 0.373 e. The van der Waals surface area contributed by atoms with Crippen molar-refractivity contribution in [3.63, 3.8) is 0 Å². The molecule has 9 heteroatoms. The summed E-state index contributed by atoms with van der Waals surface area (Å²) in [4.78, 5) is 3.93. The second-order valence-electron chi connectivity index (χ2n) is 3.65. The number of sulfonamides is 1. The molecule has 18 heavy (non-hydrogen) atoms. The molecular formula is C9H15N3O4S2. The molecule has 1 rings (SSSR count). The minimum Gasteiger partial charge on any atom is -0.373 e. The van der Waals surface area contributed by atoms with Gasteiger partial charge in [0.1, 0.15) is 15.7 Å². The van der Waals surface area contributed by atoms with E-state index < -0.39 is 19.9 Å². The maximum Gasteiger partial charge on any atom is 0.240 e. The van der Waals surface area contributed by atoms with Gasteiger partial charge in [0.05, 0.1) is 10.6 Å². The van der Waals surface area contributed by atoms with E-state index in [0.717, 1.165) is 6.26 Å². The van der Waals surface area contributed by atoms with Crippen molar-refractivity contribution in [2.45, 2.75) is 4.90 Å². The van der Waals surface area contributed by atoms with Crippen molar-refractivity contribution in [2.75, 3.05) is 30.9 Å². The Kier molecular flexibility index (Phi) is 4.65. The van der Waals surface area contributed by atoms with Crippen molar-refractivity contribution in [1.82, 2.24) is 9.71 Å². The van der Waals surface area contributed by atoms with Crippen molar-refractivity contribution >= 4 is 25.7 Å². The molecule has 7 nitrogen and oxygen atoms in total. The topological polar surface area (TPSA) is 105 Å². The third kappa shape index (κ3) is 4.59. The number of nitrogens with one attached hydrogen (secondary N) is 2. The lowest BCUT2D eigenvalue weighted by molar-refractivity contribution is 0.582. The van der Waals surface area contributed by atoms with Crippen molar-refractivity contribution in [1.29, 1.82) is 0 Å². The third-order valence-corrected chi connectivity index (χ3v) is 4.47. The first-order chi connectivity index (χ1) is 8.24. The van der Waals surface area contributed by atoms with E-state index >= 15 is 0 Å². The van der Waals surface area contributed by atoms with E-state index in [1.165, 1.54) is 18.3 Å². The van der Waals surface area contributed by atoms with E-state index in [1.54, 1.807) is 7.05 Å².